The SMILES string of the molecule is Cc1cc(C(=O)N2CCCC(C)C2)ccc1NC(=O)c1csc(CN)n1. The van der Waals surface area contributed by atoms with Crippen molar-refractivity contribution in [3.63, 3.8) is 0 Å². The summed E-state index contributed by atoms with van der Waals surface area (Å²) >= 11 is 1.37. The maximum atomic E-state index is 12.7. The van der Waals surface area contributed by atoms with Crippen LogP contribution in [0.5, 0.6) is 0 Å². The third-order valence-electron chi connectivity index (χ3n) is 4.62. The van der Waals surface area contributed by atoms with Crippen LogP contribution in [-0.2, 0) is 6.54 Å². The number of aromatic nitrogens is 1. The first-order valence-corrected chi connectivity index (χ1v) is 9.71. The van der Waals surface area contributed by atoms with Gasteiger partial charge in [-0.2, -0.15) is 0 Å². The molecule has 3 N–H and O–H groups in total. The second kappa shape index (κ2) is 7.97. The van der Waals surface area contributed by atoms with Crippen molar-refractivity contribution < 1.29 is 9.59 Å². The zero-order valence-electron chi connectivity index (χ0n) is 15.1. The molecule has 1 atom stereocenters. The number of hydrogen-bond donors (Lipinski definition) is 2. The van der Waals surface area contributed by atoms with Gasteiger partial charge in [0, 0.05) is 36.3 Å². The third kappa shape index (κ3) is 4.11. The lowest BCUT2D eigenvalue weighted by Crippen LogP contribution is -2.39. The number of aryl methyl sites for hydroxylation is 1. The Morgan fingerprint density at radius 1 is 1.42 bits per heavy atom. The van der Waals surface area contributed by atoms with Gasteiger partial charge in [0.2, 0.25) is 0 Å². The van der Waals surface area contributed by atoms with E-state index < -0.39 is 0 Å². The number of thiazole rings is 1. The minimum atomic E-state index is -0.270. The highest BCUT2D eigenvalue weighted by Crippen LogP contribution is 2.22. The number of benzene rings is 1. The van der Waals surface area contributed by atoms with Crippen LogP contribution in [0.3, 0.4) is 0 Å². The van der Waals surface area contributed by atoms with E-state index in [1.807, 2.05) is 17.9 Å². The largest absolute Gasteiger partial charge is 0.338 e. The average molecular weight is 372 g/mol. The van der Waals surface area contributed by atoms with E-state index in [0.717, 1.165) is 30.1 Å². The van der Waals surface area contributed by atoms with Gasteiger partial charge in [0.1, 0.15) is 10.7 Å². The van der Waals surface area contributed by atoms with E-state index in [2.05, 4.69) is 17.2 Å². The van der Waals surface area contributed by atoms with Crippen LogP contribution in [0.1, 0.15) is 51.2 Å². The van der Waals surface area contributed by atoms with Gasteiger partial charge in [-0.15, -0.1) is 11.3 Å². The number of carbonyl (C=O) groups excluding carboxylic acids is 2. The number of piperidine rings is 1. The standard InChI is InChI=1S/C19H24N4O2S/c1-12-4-3-7-23(10-12)19(25)14-5-6-15(13(2)8-14)22-18(24)16-11-26-17(9-20)21-16/h5-6,8,11-12H,3-4,7,9-10,20H2,1-2H3,(H,22,24). The number of hydrogen-bond acceptors (Lipinski definition) is 5. The molecule has 1 fully saturated rings. The first kappa shape index (κ1) is 18.5. The molecule has 6 nitrogen and oxygen atoms in total. The van der Waals surface area contributed by atoms with Gasteiger partial charge < -0.3 is 16.0 Å². The fourth-order valence-electron chi connectivity index (χ4n) is 3.19. The maximum absolute atomic E-state index is 12.7. The monoisotopic (exact) mass is 372 g/mol. The fraction of sp³-hybridized carbons (Fsp3) is 0.421. The molecule has 1 aliphatic rings. The normalized spacial score (nSPS) is 17.2. The summed E-state index contributed by atoms with van der Waals surface area (Å²) in [7, 11) is 0. The van der Waals surface area contributed by atoms with Gasteiger partial charge in [0.05, 0.1) is 0 Å². The van der Waals surface area contributed by atoms with Gasteiger partial charge in [-0.25, -0.2) is 4.98 Å². The lowest BCUT2D eigenvalue weighted by Gasteiger charge is -2.31. The van der Waals surface area contributed by atoms with Gasteiger partial charge in [0.15, 0.2) is 0 Å². The van der Waals surface area contributed by atoms with Gasteiger partial charge in [0.25, 0.3) is 11.8 Å². The Bertz CT molecular complexity index is 818. The highest BCUT2D eigenvalue weighted by molar-refractivity contribution is 7.09. The summed E-state index contributed by atoms with van der Waals surface area (Å²) in [6.07, 6.45) is 2.23. The molecule has 0 radical (unpaired) electrons. The molecule has 2 amide bonds. The van der Waals surface area contributed by atoms with Gasteiger partial charge in [-0.3, -0.25) is 9.59 Å². The van der Waals surface area contributed by atoms with E-state index in [9.17, 15) is 9.59 Å². The highest BCUT2D eigenvalue weighted by Gasteiger charge is 2.22. The number of likely N-dealkylation sites (tertiary alicyclic amines) is 1. The van der Waals surface area contributed by atoms with Gasteiger partial charge >= 0.3 is 0 Å². The summed E-state index contributed by atoms with van der Waals surface area (Å²) in [6.45, 7) is 6.01. The van der Waals surface area contributed by atoms with Gasteiger partial charge in [-0.05, 0) is 49.4 Å². The number of amides is 2. The molecule has 7 heteroatoms. The number of nitrogens with zero attached hydrogens (tertiary/aromatic N) is 2. The summed E-state index contributed by atoms with van der Waals surface area (Å²) < 4.78 is 0. The van der Waals surface area contributed by atoms with E-state index in [0.29, 0.717) is 29.4 Å². The van der Waals surface area contributed by atoms with Crippen molar-refractivity contribution in [2.45, 2.75) is 33.2 Å². The Kier molecular flexibility index (Phi) is 5.68. The fourth-order valence-corrected chi connectivity index (χ4v) is 3.84. The summed E-state index contributed by atoms with van der Waals surface area (Å²) in [5.41, 5.74) is 8.09. The van der Waals surface area contributed by atoms with Crippen LogP contribution < -0.4 is 11.1 Å². The number of rotatable bonds is 4. The van der Waals surface area contributed by atoms with Crippen LogP contribution in [0.15, 0.2) is 23.6 Å². The maximum Gasteiger partial charge on any atom is 0.275 e. The molecule has 1 saturated heterocycles. The van der Waals surface area contributed by atoms with Crippen LogP contribution in [-0.4, -0.2) is 34.8 Å². The van der Waals surface area contributed by atoms with E-state index >= 15 is 0 Å². The molecule has 1 aliphatic heterocycles. The van der Waals surface area contributed by atoms with E-state index in [1.165, 1.54) is 17.8 Å². The molecular weight excluding hydrogens is 348 g/mol. The van der Waals surface area contributed by atoms with E-state index in [-0.39, 0.29) is 11.8 Å². The third-order valence-corrected chi connectivity index (χ3v) is 5.50. The molecule has 2 aromatic rings. The Labute approximate surface area is 157 Å². The average Bonchev–Trinajstić information content (AvgIpc) is 3.12. The molecule has 0 bridgehead atoms. The molecule has 1 aromatic heterocycles. The number of carbonyl (C=O) groups is 2. The first-order valence-electron chi connectivity index (χ1n) is 8.83. The van der Waals surface area contributed by atoms with Crippen LogP contribution in [0.25, 0.3) is 0 Å². The van der Waals surface area contributed by atoms with E-state index in [1.54, 1.807) is 17.5 Å². The molecule has 26 heavy (non-hydrogen) atoms. The van der Waals surface area contributed by atoms with Crippen molar-refractivity contribution in [1.82, 2.24) is 9.88 Å². The minimum absolute atomic E-state index is 0.0598. The van der Waals surface area contributed by atoms with Crippen LogP contribution >= 0.6 is 11.3 Å². The minimum Gasteiger partial charge on any atom is -0.338 e. The number of anilines is 1. The van der Waals surface area contributed by atoms with E-state index in [4.69, 9.17) is 5.73 Å². The highest BCUT2D eigenvalue weighted by atomic mass is 32.1. The van der Waals surface area contributed by atoms with Crippen molar-refractivity contribution in [2.24, 2.45) is 11.7 Å². The molecule has 3 rings (SSSR count). The zero-order valence-corrected chi connectivity index (χ0v) is 15.9. The molecule has 0 saturated carbocycles. The molecule has 2 heterocycles. The smallest absolute Gasteiger partial charge is 0.275 e. The summed E-state index contributed by atoms with van der Waals surface area (Å²) in [6, 6.07) is 5.39. The molecule has 138 valence electrons. The van der Waals surface area contributed by atoms with Crippen molar-refractivity contribution in [3.8, 4) is 0 Å². The summed E-state index contributed by atoms with van der Waals surface area (Å²) in [5.74, 6) is 0.335. The number of nitrogens with one attached hydrogen (secondary N) is 1. The molecule has 0 aliphatic carbocycles. The van der Waals surface area contributed by atoms with Crippen molar-refractivity contribution in [3.05, 3.63) is 45.4 Å². The van der Waals surface area contributed by atoms with Crippen LogP contribution in [0, 0.1) is 12.8 Å². The zero-order chi connectivity index (χ0) is 18.7. The molecule has 1 unspecified atom stereocenters. The quantitative estimate of drug-likeness (QED) is 0.863. The summed E-state index contributed by atoms with van der Waals surface area (Å²) in [5, 5.41) is 5.28. The van der Waals surface area contributed by atoms with Crippen LogP contribution in [0.4, 0.5) is 5.69 Å². The second-order valence-electron chi connectivity index (χ2n) is 6.81. The van der Waals surface area contributed by atoms with Crippen molar-refractivity contribution in [2.75, 3.05) is 18.4 Å². The molecule has 0 spiro atoms. The summed E-state index contributed by atoms with van der Waals surface area (Å²) in [4.78, 5) is 31.1. The van der Waals surface area contributed by atoms with Crippen LogP contribution in [0.2, 0.25) is 0 Å². The first-order chi connectivity index (χ1) is 12.5. The predicted molar refractivity (Wildman–Crippen MR) is 103 cm³/mol. The Morgan fingerprint density at radius 3 is 2.88 bits per heavy atom. The topological polar surface area (TPSA) is 88.3 Å². The van der Waals surface area contributed by atoms with Crippen molar-refractivity contribution in [1.29, 1.82) is 0 Å². The van der Waals surface area contributed by atoms with Gasteiger partial charge in [-0.1, -0.05) is 6.92 Å². The Hall–Kier alpha value is -2.25. The lowest BCUT2D eigenvalue weighted by atomic mass is 9.99. The lowest BCUT2D eigenvalue weighted by molar-refractivity contribution is 0.0683. The predicted octanol–water partition coefficient (Wildman–Crippen LogP) is 3.03. The molecular formula is C19H24N4O2S. The second-order valence-corrected chi connectivity index (χ2v) is 7.76. The number of nitrogens with two attached hydrogens (primary N) is 1. The Balaban J connectivity index is 1.70. The van der Waals surface area contributed by atoms with Crippen molar-refractivity contribution >= 4 is 28.8 Å². The molecule has 1 aromatic carbocycles. The Morgan fingerprint density at radius 2 is 2.23 bits per heavy atom.